The maximum Gasteiger partial charge on any atom is 0.338 e. The van der Waals surface area contributed by atoms with Crippen molar-refractivity contribution in [3.05, 3.63) is 97.6 Å². The van der Waals surface area contributed by atoms with Gasteiger partial charge >= 0.3 is 5.69 Å². The van der Waals surface area contributed by atoms with Gasteiger partial charge in [-0.1, -0.05) is 29.3 Å². The lowest BCUT2D eigenvalue weighted by atomic mass is 9.92. The fourth-order valence-electron chi connectivity index (χ4n) is 4.25. The van der Waals surface area contributed by atoms with E-state index in [1.807, 2.05) is 6.07 Å². The highest BCUT2D eigenvalue weighted by atomic mass is 35.5. The molecule has 3 aromatic heterocycles. The van der Waals surface area contributed by atoms with Gasteiger partial charge in [0.25, 0.3) is 5.56 Å². The summed E-state index contributed by atoms with van der Waals surface area (Å²) in [6.45, 7) is -0.584. The first-order chi connectivity index (χ1) is 17.7. The molecule has 0 radical (unpaired) electrons. The van der Waals surface area contributed by atoms with Gasteiger partial charge in [0.2, 0.25) is 0 Å². The number of nitrogens with zero attached hydrogens (tertiary/aromatic N) is 7. The van der Waals surface area contributed by atoms with E-state index in [1.54, 1.807) is 11.0 Å². The van der Waals surface area contributed by atoms with Crippen molar-refractivity contribution in [2.45, 2.75) is 12.1 Å². The zero-order valence-electron chi connectivity index (χ0n) is 18.8. The third-order valence-electron chi connectivity index (χ3n) is 5.89. The molecule has 0 saturated carbocycles. The van der Waals surface area contributed by atoms with Gasteiger partial charge in [0, 0.05) is 18.6 Å². The Labute approximate surface area is 218 Å². The average Bonchev–Trinajstić information content (AvgIpc) is 2.86. The minimum Gasteiger partial charge on any atom is -0.378 e. The lowest BCUT2D eigenvalue weighted by Crippen LogP contribution is -2.62. The molecule has 0 spiro atoms. The monoisotopic (exact) mass is 539 g/mol. The molecule has 0 amide bonds. The highest BCUT2D eigenvalue weighted by Crippen LogP contribution is 2.38. The van der Waals surface area contributed by atoms with E-state index in [0.717, 1.165) is 15.2 Å². The number of halogens is 3. The molecule has 1 aliphatic heterocycles. The summed E-state index contributed by atoms with van der Waals surface area (Å²) in [6, 6.07) is 8.61. The fourth-order valence-corrected chi connectivity index (χ4v) is 4.60. The predicted octanol–water partition coefficient (Wildman–Crippen LogP) is 2.53. The van der Waals surface area contributed by atoms with Crippen LogP contribution < -0.4 is 16.1 Å². The number of rotatable bonds is 5. The second-order valence-electron chi connectivity index (χ2n) is 8.32. The van der Waals surface area contributed by atoms with Gasteiger partial charge < -0.3 is 10.0 Å². The van der Waals surface area contributed by atoms with Crippen LogP contribution in [0.2, 0.25) is 10.0 Å². The summed E-state index contributed by atoms with van der Waals surface area (Å²) in [5.74, 6) is -0.465. The zero-order chi connectivity index (χ0) is 26.3. The number of nitriles is 1. The SMILES string of the molecule is N#CCn1c(N2CC(O)(c3ncccn3)C2)c(-c2ccc(F)c(Cl)c2)c(=O)n(-c2cncc(Cl)c2)c1=O. The van der Waals surface area contributed by atoms with E-state index in [2.05, 4.69) is 15.0 Å². The van der Waals surface area contributed by atoms with E-state index < -0.39 is 29.2 Å². The van der Waals surface area contributed by atoms with Crippen molar-refractivity contribution in [2.24, 2.45) is 0 Å². The number of aromatic nitrogens is 5. The number of hydrogen-bond donors (Lipinski definition) is 1. The fraction of sp³-hybridized carbons (Fsp3) is 0.167. The molecule has 1 fully saturated rings. The number of hydrogen-bond acceptors (Lipinski definition) is 8. The first kappa shape index (κ1) is 24.6. The molecule has 4 heterocycles. The Morgan fingerprint density at radius 1 is 1.14 bits per heavy atom. The van der Waals surface area contributed by atoms with Crippen LogP contribution in [0.3, 0.4) is 0 Å². The van der Waals surface area contributed by atoms with Crippen molar-refractivity contribution in [3.63, 3.8) is 0 Å². The molecule has 0 unspecified atom stereocenters. The molecule has 0 bridgehead atoms. The van der Waals surface area contributed by atoms with Gasteiger partial charge in [-0.05, 0) is 29.8 Å². The van der Waals surface area contributed by atoms with E-state index in [9.17, 15) is 24.3 Å². The third-order valence-corrected chi connectivity index (χ3v) is 6.39. The molecule has 13 heteroatoms. The first-order valence-corrected chi connectivity index (χ1v) is 11.6. The normalized spacial score (nSPS) is 14.2. The Morgan fingerprint density at radius 2 is 1.86 bits per heavy atom. The van der Waals surface area contributed by atoms with E-state index in [4.69, 9.17) is 23.2 Å². The second-order valence-corrected chi connectivity index (χ2v) is 9.16. The summed E-state index contributed by atoms with van der Waals surface area (Å²) in [5, 5.41) is 20.6. The largest absolute Gasteiger partial charge is 0.378 e. The van der Waals surface area contributed by atoms with Crippen LogP contribution in [-0.2, 0) is 12.1 Å². The summed E-state index contributed by atoms with van der Waals surface area (Å²) in [4.78, 5) is 41.2. The molecule has 186 valence electrons. The maximum absolute atomic E-state index is 14.0. The number of anilines is 1. The van der Waals surface area contributed by atoms with Gasteiger partial charge in [-0.25, -0.2) is 23.7 Å². The highest BCUT2D eigenvalue weighted by molar-refractivity contribution is 6.31. The molecule has 5 rings (SSSR count). The van der Waals surface area contributed by atoms with Gasteiger partial charge in [0.05, 0.1) is 46.7 Å². The van der Waals surface area contributed by atoms with E-state index in [0.29, 0.717) is 0 Å². The van der Waals surface area contributed by atoms with Crippen LogP contribution in [0.1, 0.15) is 5.82 Å². The third kappa shape index (κ3) is 4.25. The van der Waals surface area contributed by atoms with Crippen molar-refractivity contribution in [2.75, 3.05) is 18.0 Å². The van der Waals surface area contributed by atoms with Crippen LogP contribution in [0, 0.1) is 17.1 Å². The molecule has 37 heavy (non-hydrogen) atoms. The van der Waals surface area contributed by atoms with Crippen LogP contribution >= 0.6 is 23.2 Å². The van der Waals surface area contributed by atoms with Gasteiger partial charge in [0.1, 0.15) is 18.2 Å². The van der Waals surface area contributed by atoms with Crippen LogP contribution in [0.4, 0.5) is 10.2 Å². The maximum atomic E-state index is 14.0. The number of β-amino-alcohol motifs (C(OH)–C–C–N with tert-alkyl or cyclic N) is 1. The van der Waals surface area contributed by atoms with Crippen LogP contribution in [0.5, 0.6) is 0 Å². The summed E-state index contributed by atoms with van der Waals surface area (Å²) in [7, 11) is 0. The van der Waals surface area contributed by atoms with E-state index >= 15 is 0 Å². The minimum absolute atomic E-state index is 0.0345. The minimum atomic E-state index is -1.46. The molecule has 1 N–H and O–H groups in total. The molecular formula is C24H16Cl2FN7O3. The van der Waals surface area contributed by atoms with Crippen molar-refractivity contribution in [3.8, 4) is 22.9 Å². The van der Waals surface area contributed by atoms with Crippen LogP contribution in [0.25, 0.3) is 16.8 Å². The molecule has 1 saturated heterocycles. The zero-order valence-corrected chi connectivity index (χ0v) is 20.4. The van der Waals surface area contributed by atoms with Crippen molar-refractivity contribution in [1.82, 2.24) is 24.1 Å². The molecule has 4 aromatic rings. The number of pyridine rings is 1. The van der Waals surface area contributed by atoms with Crippen LogP contribution in [0.15, 0.2) is 64.7 Å². The number of aliphatic hydroxyl groups is 1. The van der Waals surface area contributed by atoms with Crippen molar-refractivity contribution >= 4 is 29.0 Å². The Morgan fingerprint density at radius 3 is 2.51 bits per heavy atom. The van der Waals surface area contributed by atoms with Crippen molar-refractivity contribution < 1.29 is 9.50 Å². The number of benzene rings is 1. The van der Waals surface area contributed by atoms with Crippen LogP contribution in [-0.4, -0.2) is 42.3 Å². The second kappa shape index (κ2) is 9.40. The van der Waals surface area contributed by atoms with Gasteiger partial charge in [-0.2, -0.15) is 5.26 Å². The average molecular weight is 540 g/mol. The standard InChI is InChI=1S/C24H16Cl2FN7O3/c25-15-9-16(11-29-10-15)34-21(35)19(14-2-3-18(27)17(26)8-14)20(33(7-4-28)23(34)36)32-12-24(37,13-32)22-30-5-1-6-31-22/h1-3,5-6,8-11,37H,7,12-13H2. The Kier molecular flexibility index (Phi) is 6.25. The molecule has 10 nitrogen and oxygen atoms in total. The van der Waals surface area contributed by atoms with E-state index in [-0.39, 0.29) is 51.6 Å². The Balaban J connectivity index is 1.78. The summed E-state index contributed by atoms with van der Waals surface area (Å²) < 4.78 is 15.9. The quantitative estimate of drug-likeness (QED) is 0.409. The van der Waals surface area contributed by atoms with Crippen molar-refractivity contribution in [1.29, 1.82) is 5.26 Å². The smallest absolute Gasteiger partial charge is 0.338 e. The summed E-state index contributed by atoms with van der Waals surface area (Å²) in [5.41, 5.74) is -2.81. The van der Waals surface area contributed by atoms with E-state index in [1.165, 1.54) is 43.0 Å². The lowest BCUT2D eigenvalue weighted by Gasteiger charge is -2.47. The summed E-state index contributed by atoms with van der Waals surface area (Å²) >= 11 is 12.1. The molecule has 1 aliphatic rings. The lowest BCUT2D eigenvalue weighted by molar-refractivity contribution is -0.00193. The highest BCUT2D eigenvalue weighted by Gasteiger charge is 2.47. The van der Waals surface area contributed by atoms with Gasteiger partial charge in [-0.3, -0.25) is 14.3 Å². The Bertz CT molecular complexity index is 1680. The molecule has 1 aromatic carbocycles. The molecule has 0 aliphatic carbocycles. The first-order valence-electron chi connectivity index (χ1n) is 10.8. The Hall–Kier alpha value is -4.11. The van der Waals surface area contributed by atoms with Gasteiger partial charge in [0.15, 0.2) is 11.4 Å². The molecule has 0 atom stereocenters. The van der Waals surface area contributed by atoms with Gasteiger partial charge in [-0.15, -0.1) is 0 Å². The predicted molar refractivity (Wildman–Crippen MR) is 133 cm³/mol. The molecular weight excluding hydrogens is 524 g/mol. The summed E-state index contributed by atoms with van der Waals surface area (Å²) in [6.07, 6.45) is 5.59. The topological polar surface area (TPSA) is 130 Å².